The Kier molecular flexibility index (Phi) is 5.71. The molecule has 4 rings (SSSR count). The largest absolute Gasteiger partial charge is 0.461 e. The van der Waals surface area contributed by atoms with Gasteiger partial charge in [-0.15, -0.1) is 0 Å². The standard InChI is InChI=1S/C23H24FN3O2/c1-2-29-23(28)22-20-16-26(14-17-6-4-3-5-7-17)13-12-21(20)27(25-22)15-18-8-10-19(24)11-9-18/h3-11H,2,12-16H2,1H3. The second-order valence-electron chi connectivity index (χ2n) is 7.22. The molecule has 0 bridgehead atoms. The van der Waals surface area contributed by atoms with Crippen LogP contribution in [0, 0.1) is 5.82 Å². The minimum absolute atomic E-state index is 0.264. The fourth-order valence-electron chi connectivity index (χ4n) is 3.78. The summed E-state index contributed by atoms with van der Waals surface area (Å²) < 4.78 is 20.3. The quantitative estimate of drug-likeness (QED) is 0.598. The van der Waals surface area contributed by atoms with Crippen LogP contribution in [0.25, 0.3) is 0 Å². The lowest BCUT2D eigenvalue weighted by molar-refractivity contribution is 0.0515. The van der Waals surface area contributed by atoms with Gasteiger partial charge in [-0.2, -0.15) is 5.10 Å². The van der Waals surface area contributed by atoms with Crippen LogP contribution in [0.15, 0.2) is 54.6 Å². The Labute approximate surface area is 169 Å². The third-order valence-corrected chi connectivity index (χ3v) is 5.18. The first kappa shape index (κ1) is 19.3. The lowest BCUT2D eigenvalue weighted by Gasteiger charge is -2.27. The van der Waals surface area contributed by atoms with E-state index >= 15 is 0 Å². The molecule has 0 aliphatic carbocycles. The third-order valence-electron chi connectivity index (χ3n) is 5.18. The van der Waals surface area contributed by atoms with E-state index in [1.54, 1.807) is 19.1 Å². The molecule has 1 aliphatic rings. The van der Waals surface area contributed by atoms with Gasteiger partial charge in [-0.3, -0.25) is 9.58 Å². The predicted octanol–water partition coefficient (Wildman–Crippen LogP) is 3.81. The number of benzene rings is 2. The molecule has 0 radical (unpaired) electrons. The number of esters is 1. The summed E-state index contributed by atoms with van der Waals surface area (Å²) >= 11 is 0. The molecule has 0 spiro atoms. The lowest BCUT2D eigenvalue weighted by atomic mass is 10.0. The minimum atomic E-state index is -0.386. The van der Waals surface area contributed by atoms with Crippen LogP contribution in [0.4, 0.5) is 4.39 Å². The minimum Gasteiger partial charge on any atom is -0.461 e. The van der Waals surface area contributed by atoms with E-state index in [0.717, 1.165) is 36.3 Å². The van der Waals surface area contributed by atoms with Gasteiger partial charge in [-0.1, -0.05) is 42.5 Å². The number of aromatic nitrogens is 2. The molecule has 0 amide bonds. The molecule has 0 fully saturated rings. The maximum absolute atomic E-state index is 13.2. The Morgan fingerprint density at radius 2 is 1.79 bits per heavy atom. The first-order valence-corrected chi connectivity index (χ1v) is 9.90. The predicted molar refractivity (Wildman–Crippen MR) is 108 cm³/mol. The molecular formula is C23H24FN3O2. The second kappa shape index (κ2) is 8.57. The van der Waals surface area contributed by atoms with Crippen molar-refractivity contribution in [1.82, 2.24) is 14.7 Å². The van der Waals surface area contributed by atoms with Crippen molar-refractivity contribution in [2.45, 2.75) is 33.0 Å². The zero-order valence-electron chi connectivity index (χ0n) is 16.5. The van der Waals surface area contributed by atoms with Crippen LogP contribution in [0.1, 0.15) is 39.8 Å². The van der Waals surface area contributed by atoms with Crippen molar-refractivity contribution in [3.8, 4) is 0 Å². The molecule has 3 aromatic rings. The van der Waals surface area contributed by atoms with Gasteiger partial charge in [-0.25, -0.2) is 9.18 Å². The van der Waals surface area contributed by atoms with E-state index in [1.807, 2.05) is 22.9 Å². The summed E-state index contributed by atoms with van der Waals surface area (Å²) in [7, 11) is 0. The number of hydrogen-bond donors (Lipinski definition) is 0. The molecule has 2 heterocycles. The number of halogens is 1. The molecule has 0 unspecified atom stereocenters. The van der Waals surface area contributed by atoms with Gasteiger partial charge in [0.05, 0.1) is 13.2 Å². The van der Waals surface area contributed by atoms with E-state index < -0.39 is 0 Å². The molecule has 0 atom stereocenters. The van der Waals surface area contributed by atoms with E-state index in [9.17, 15) is 9.18 Å². The number of carbonyl (C=O) groups is 1. The number of nitrogens with zero attached hydrogens (tertiary/aromatic N) is 3. The molecule has 2 aromatic carbocycles. The van der Waals surface area contributed by atoms with Crippen molar-refractivity contribution in [2.75, 3.05) is 13.2 Å². The van der Waals surface area contributed by atoms with E-state index in [2.05, 4.69) is 22.1 Å². The van der Waals surface area contributed by atoms with Crippen molar-refractivity contribution < 1.29 is 13.9 Å². The van der Waals surface area contributed by atoms with Crippen LogP contribution >= 0.6 is 0 Å². The van der Waals surface area contributed by atoms with Gasteiger partial charge < -0.3 is 4.74 Å². The Hall–Kier alpha value is -2.99. The fourth-order valence-corrected chi connectivity index (χ4v) is 3.78. The van der Waals surface area contributed by atoms with Crippen LogP contribution < -0.4 is 0 Å². The van der Waals surface area contributed by atoms with Crippen molar-refractivity contribution in [3.63, 3.8) is 0 Å². The van der Waals surface area contributed by atoms with Gasteiger partial charge in [0.1, 0.15) is 5.82 Å². The average molecular weight is 393 g/mol. The topological polar surface area (TPSA) is 47.4 Å². The molecule has 1 aliphatic heterocycles. The Balaban J connectivity index is 1.61. The van der Waals surface area contributed by atoms with Gasteiger partial charge in [0.2, 0.25) is 0 Å². The SMILES string of the molecule is CCOC(=O)c1nn(Cc2ccc(F)cc2)c2c1CN(Cc1ccccc1)CC2. The Morgan fingerprint density at radius 1 is 1.07 bits per heavy atom. The Bertz CT molecular complexity index is 983. The first-order chi connectivity index (χ1) is 14.1. The highest BCUT2D eigenvalue weighted by Gasteiger charge is 2.28. The van der Waals surface area contributed by atoms with Crippen LogP contribution in [0.5, 0.6) is 0 Å². The highest BCUT2D eigenvalue weighted by molar-refractivity contribution is 5.89. The monoisotopic (exact) mass is 393 g/mol. The van der Waals surface area contributed by atoms with Gasteiger partial charge >= 0.3 is 5.97 Å². The zero-order chi connectivity index (χ0) is 20.2. The van der Waals surface area contributed by atoms with Crippen molar-refractivity contribution >= 4 is 5.97 Å². The highest BCUT2D eigenvalue weighted by Crippen LogP contribution is 2.25. The van der Waals surface area contributed by atoms with E-state index in [0.29, 0.717) is 25.4 Å². The molecule has 0 saturated heterocycles. The summed E-state index contributed by atoms with van der Waals surface area (Å²) in [6, 6.07) is 16.7. The first-order valence-electron chi connectivity index (χ1n) is 9.90. The Morgan fingerprint density at radius 3 is 2.52 bits per heavy atom. The molecule has 6 heteroatoms. The molecule has 150 valence electrons. The van der Waals surface area contributed by atoms with Crippen LogP contribution in [-0.2, 0) is 30.8 Å². The van der Waals surface area contributed by atoms with Crippen molar-refractivity contribution in [3.05, 3.63) is 88.5 Å². The van der Waals surface area contributed by atoms with E-state index in [4.69, 9.17) is 4.74 Å². The normalized spacial score (nSPS) is 13.9. The van der Waals surface area contributed by atoms with Crippen molar-refractivity contribution in [1.29, 1.82) is 0 Å². The summed E-state index contributed by atoms with van der Waals surface area (Å²) in [6.45, 7) is 4.97. The maximum Gasteiger partial charge on any atom is 0.359 e. The maximum atomic E-state index is 13.2. The third kappa shape index (κ3) is 4.38. The van der Waals surface area contributed by atoms with E-state index in [1.165, 1.54) is 17.7 Å². The lowest BCUT2D eigenvalue weighted by Crippen LogP contribution is -2.31. The summed E-state index contributed by atoms with van der Waals surface area (Å²) in [5.41, 5.74) is 4.57. The van der Waals surface area contributed by atoms with Crippen LogP contribution in [0.2, 0.25) is 0 Å². The number of fused-ring (bicyclic) bond motifs is 1. The number of ether oxygens (including phenoxy) is 1. The number of hydrogen-bond acceptors (Lipinski definition) is 4. The molecule has 0 N–H and O–H groups in total. The van der Waals surface area contributed by atoms with Gasteiger partial charge in [0.15, 0.2) is 5.69 Å². The summed E-state index contributed by atoms with van der Waals surface area (Å²) in [5.74, 6) is -0.650. The van der Waals surface area contributed by atoms with Gasteiger partial charge in [0, 0.05) is 37.3 Å². The fraction of sp³-hybridized carbons (Fsp3) is 0.304. The summed E-state index contributed by atoms with van der Waals surface area (Å²) in [6.07, 6.45) is 0.801. The zero-order valence-corrected chi connectivity index (χ0v) is 16.5. The van der Waals surface area contributed by atoms with Gasteiger partial charge in [0.25, 0.3) is 0 Å². The molecule has 0 saturated carbocycles. The summed E-state index contributed by atoms with van der Waals surface area (Å²) in [5, 5.41) is 4.59. The average Bonchev–Trinajstić information content (AvgIpc) is 3.08. The second-order valence-corrected chi connectivity index (χ2v) is 7.22. The molecule has 1 aromatic heterocycles. The molecule has 5 nitrogen and oxygen atoms in total. The van der Waals surface area contributed by atoms with Gasteiger partial charge in [-0.05, 0) is 30.2 Å². The molecular weight excluding hydrogens is 369 g/mol. The van der Waals surface area contributed by atoms with E-state index in [-0.39, 0.29) is 11.8 Å². The van der Waals surface area contributed by atoms with Crippen LogP contribution in [0.3, 0.4) is 0 Å². The number of carbonyl (C=O) groups excluding carboxylic acids is 1. The number of rotatable bonds is 6. The molecule has 29 heavy (non-hydrogen) atoms. The van der Waals surface area contributed by atoms with Crippen LogP contribution in [-0.4, -0.2) is 33.8 Å². The highest BCUT2D eigenvalue weighted by atomic mass is 19.1. The summed E-state index contributed by atoms with van der Waals surface area (Å²) in [4.78, 5) is 14.8. The van der Waals surface area contributed by atoms with Crippen molar-refractivity contribution in [2.24, 2.45) is 0 Å². The smallest absolute Gasteiger partial charge is 0.359 e.